The Balaban J connectivity index is 1.39. The van der Waals surface area contributed by atoms with Crippen LogP contribution in [0.25, 0.3) is 0 Å². The fourth-order valence-electron chi connectivity index (χ4n) is 3.50. The molecule has 2 aromatic rings. The highest BCUT2D eigenvalue weighted by molar-refractivity contribution is 5.73. The molecule has 4 rings (SSSR count). The number of amidine groups is 1. The fraction of sp³-hybridized carbons (Fsp3) is 0.435. The molecule has 0 aromatic heterocycles. The average molecular weight is 469 g/mol. The van der Waals surface area contributed by atoms with Crippen LogP contribution in [0.3, 0.4) is 0 Å². The van der Waals surface area contributed by atoms with Crippen molar-refractivity contribution in [2.75, 3.05) is 31.1 Å². The smallest absolute Gasteiger partial charge is 0.490 e. The van der Waals surface area contributed by atoms with E-state index < -0.39 is 12.0 Å². The summed E-state index contributed by atoms with van der Waals surface area (Å²) in [6, 6.07) is 4.13. The van der Waals surface area contributed by atoms with Crippen LogP contribution in [0, 0.1) is 0 Å². The number of halogens is 3. The highest BCUT2D eigenvalue weighted by Crippen LogP contribution is 2.28. The normalized spacial score (nSPS) is 23.0. The second kappa shape index (κ2) is 9.29. The van der Waals surface area contributed by atoms with Crippen LogP contribution in [-0.2, 0) is 4.74 Å². The topological polar surface area (TPSA) is 78.5 Å². The molecular weight excluding hydrogens is 439 g/mol. The Kier molecular flexibility index (Phi) is 5.11. The van der Waals surface area contributed by atoms with Gasteiger partial charge in [0.05, 0.1) is 12.0 Å². The molecule has 1 fully saturated rings. The first-order valence-electron chi connectivity index (χ1n) is 12.3. The molecule has 2 heterocycles. The highest BCUT2D eigenvalue weighted by Gasteiger charge is 2.33. The Morgan fingerprint density at radius 1 is 1.12 bits per heavy atom. The van der Waals surface area contributed by atoms with Gasteiger partial charge >= 0.3 is 6.36 Å². The van der Waals surface area contributed by atoms with Gasteiger partial charge in [-0.2, -0.15) is 0 Å². The van der Waals surface area contributed by atoms with Crippen LogP contribution in [0.15, 0.2) is 53.4 Å². The van der Waals surface area contributed by atoms with Crippen molar-refractivity contribution in [2.45, 2.75) is 37.8 Å². The molecule has 0 aliphatic carbocycles. The lowest BCUT2D eigenvalue weighted by Crippen LogP contribution is -2.38. The van der Waals surface area contributed by atoms with Gasteiger partial charge < -0.3 is 29.6 Å². The summed E-state index contributed by atoms with van der Waals surface area (Å²) in [5, 5.41) is 0. The highest BCUT2D eigenvalue weighted by atomic mass is 19.4. The number of piperidine rings is 1. The van der Waals surface area contributed by atoms with Gasteiger partial charge in [-0.15, -0.1) is 13.2 Å². The maximum atomic E-state index is 12.3. The lowest BCUT2D eigenvalue weighted by atomic mass is 10.1. The first kappa shape index (κ1) is 18.2. The molecule has 0 spiro atoms. The summed E-state index contributed by atoms with van der Waals surface area (Å²) >= 11 is 0. The van der Waals surface area contributed by atoms with Gasteiger partial charge in [0.2, 0.25) is 0 Å². The van der Waals surface area contributed by atoms with Crippen LogP contribution in [0.2, 0.25) is 0 Å². The van der Waals surface area contributed by atoms with Crippen molar-refractivity contribution in [3.8, 4) is 17.2 Å². The van der Waals surface area contributed by atoms with Gasteiger partial charge in [0, 0.05) is 31.6 Å². The number of nitrogens with zero attached hydrogens (tertiary/aromatic N) is 2. The van der Waals surface area contributed by atoms with Gasteiger partial charge in [-0.3, -0.25) is 0 Å². The molecule has 178 valence electrons. The van der Waals surface area contributed by atoms with Gasteiger partial charge in [-0.05, 0) is 55.4 Å². The van der Waals surface area contributed by atoms with Crippen molar-refractivity contribution >= 4 is 11.7 Å². The number of rotatable bonds is 7. The van der Waals surface area contributed by atoms with Crippen molar-refractivity contribution in [3.05, 3.63) is 48.4 Å². The molecule has 7 nitrogen and oxygen atoms in total. The van der Waals surface area contributed by atoms with E-state index in [2.05, 4.69) is 9.73 Å². The van der Waals surface area contributed by atoms with Crippen LogP contribution < -0.4 is 24.8 Å². The summed E-state index contributed by atoms with van der Waals surface area (Å²) in [6.07, 6.45) is -3.98. The van der Waals surface area contributed by atoms with Gasteiger partial charge in [-0.25, -0.2) is 4.99 Å². The summed E-state index contributed by atoms with van der Waals surface area (Å²) < 4.78 is 91.5. The Bertz CT molecular complexity index is 1150. The maximum absolute atomic E-state index is 12.3. The minimum atomic E-state index is -4.77. The summed E-state index contributed by atoms with van der Waals surface area (Å²) in [4.78, 5) is 5.73. The summed E-state index contributed by atoms with van der Waals surface area (Å²) in [5.41, 5.74) is 4.86. The van der Waals surface area contributed by atoms with Crippen molar-refractivity contribution in [1.29, 1.82) is 0 Å². The zero-order valence-electron chi connectivity index (χ0n) is 21.9. The molecule has 0 unspecified atom stereocenters. The number of ether oxygens (including phenoxy) is 4. The van der Waals surface area contributed by atoms with Crippen molar-refractivity contribution < 1.29 is 37.6 Å². The first-order valence-corrected chi connectivity index (χ1v) is 10.3. The van der Waals surface area contributed by atoms with E-state index in [0.29, 0.717) is 31.7 Å². The lowest BCUT2D eigenvalue weighted by molar-refractivity contribution is -0.274. The Morgan fingerprint density at radius 2 is 1.76 bits per heavy atom. The van der Waals surface area contributed by atoms with Crippen LogP contribution in [0.1, 0.15) is 25.2 Å². The summed E-state index contributed by atoms with van der Waals surface area (Å²) in [7, 11) is 0. The number of aliphatic imine (C=N–C) groups is 1. The van der Waals surface area contributed by atoms with E-state index in [1.54, 1.807) is 11.8 Å². The second-order valence-corrected chi connectivity index (χ2v) is 8.00. The van der Waals surface area contributed by atoms with Crippen LogP contribution in [0.5, 0.6) is 17.2 Å². The van der Waals surface area contributed by atoms with Gasteiger partial charge in [0.25, 0.3) is 6.02 Å². The third-order valence-electron chi connectivity index (χ3n) is 5.15. The number of benzene rings is 2. The molecule has 1 saturated heterocycles. The minimum Gasteiger partial charge on any atom is -0.490 e. The van der Waals surface area contributed by atoms with Crippen LogP contribution in [0.4, 0.5) is 18.9 Å². The number of alkyl halides is 3. The van der Waals surface area contributed by atoms with E-state index in [9.17, 15) is 13.2 Å². The lowest BCUT2D eigenvalue weighted by Gasteiger charge is -2.33. The molecule has 1 atom stereocenters. The summed E-state index contributed by atoms with van der Waals surface area (Å²) in [5.74, 6) is -0.121. The summed E-state index contributed by atoms with van der Waals surface area (Å²) in [6.45, 7) is 2.72. The van der Waals surface area contributed by atoms with E-state index in [4.69, 9.17) is 25.4 Å². The quantitative estimate of drug-likeness (QED) is 0.658. The maximum Gasteiger partial charge on any atom is 0.573 e. The molecule has 33 heavy (non-hydrogen) atoms. The molecule has 0 bridgehead atoms. The SMILES string of the molecule is [2H]c1c([2H])c(N2CCC(Oc3ccc(OC(F)(F)F)cc3)CC2)c([2H])c([2H])c1OC[C@@]1(C)CN=C(N)O1. The second-order valence-electron chi connectivity index (χ2n) is 8.00. The zero-order valence-corrected chi connectivity index (χ0v) is 17.9. The van der Waals surface area contributed by atoms with Crippen molar-refractivity contribution in [1.82, 2.24) is 0 Å². The van der Waals surface area contributed by atoms with E-state index in [-0.39, 0.29) is 66.6 Å². The van der Waals surface area contributed by atoms with E-state index >= 15 is 0 Å². The third-order valence-corrected chi connectivity index (χ3v) is 5.15. The molecule has 0 amide bonds. The largest absolute Gasteiger partial charge is 0.573 e. The number of hydrogen-bond donors (Lipinski definition) is 1. The molecular formula is C23H26F3N3O4. The molecule has 2 N–H and O–H groups in total. The Morgan fingerprint density at radius 3 is 2.33 bits per heavy atom. The number of hydrogen-bond acceptors (Lipinski definition) is 7. The number of anilines is 1. The van der Waals surface area contributed by atoms with E-state index in [1.165, 1.54) is 24.3 Å². The van der Waals surface area contributed by atoms with Gasteiger partial charge in [0.15, 0.2) is 5.60 Å². The molecule has 2 aliphatic rings. The van der Waals surface area contributed by atoms with Crippen LogP contribution in [-0.4, -0.2) is 50.3 Å². The monoisotopic (exact) mass is 469 g/mol. The predicted molar refractivity (Wildman–Crippen MR) is 117 cm³/mol. The van der Waals surface area contributed by atoms with Crippen molar-refractivity contribution in [2.24, 2.45) is 10.7 Å². The number of nitrogens with two attached hydrogens (primary N) is 1. The molecule has 0 radical (unpaired) electrons. The van der Waals surface area contributed by atoms with Gasteiger partial charge in [-0.1, -0.05) is 0 Å². The van der Waals surface area contributed by atoms with E-state index in [1.807, 2.05) is 0 Å². The molecule has 10 heteroatoms. The third kappa shape index (κ3) is 6.36. The van der Waals surface area contributed by atoms with Gasteiger partial charge in [0.1, 0.15) is 30.0 Å². The average Bonchev–Trinajstić information content (AvgIpc) is 3.18. The minimum absolute atomic E-state index is 0.0286. The first-order chi connectivity index (χ1) is 17.3. The molecule has 2 aromatic carbocycles. The molecule has 2 aliphatic heterocycles. The zero-order chi connectivity index (χ0) is 27.0. The standard InChI is InChI=1S/C23H26F3N3O4/c1-22(14-28-21(27)33-22)15-30-17-4-2-16(3-5-17)29-12-10-19(11-13-29)31-18-6-8-20(9-7-18)32-23(24,25)26/h2-9,19H,10-15H2,1H3,(H2,27,28)/t22-/m1/s1/i2D,3D,4D,5D. The molecule has 0 saturated carbocycles. The predicted octanol–water partition coefficient (Wildman–Crippen LogP) is 4.12. The Labute approximate surface area is 195 Å². The Hall–Kier alpha value is -3.30. The van der Waals surface area contributed by atoms with E-state index in [0.717, 1.165) is 0 Å². The van der Waals surface area contributed by atoms with Crippen LogP contribution >= 0.6 is 0 Å². The fourth-order valence-corrected chi connectivity index (χ4v) is 3.50. The van der Waals surface area contributed by atoms with Crippen molar-refractivity contribution in [3.63, 3.8) is 0 Å².